The lowest BCUT2D eigenvalue weighted by atomic mass is 9.86. The standard InChI is InChI=1S/C11H18N2OS/c1-10(2)5-7(11(3,4)14-10)8-6-13-9(12)15-8/h6-7H,5H2,1-4H3,(H2,12,13). The number of hydrogen-bond donors (Lipinski definition) is 1. The molecule has 0 spiro atoms. The summed E-state index contributed by atoms with van der Waals surface area (Å²) in [5, 5.41) is 0.644. The van der Waals surface area contributed by atoms with Crippen molar-refractivity contribution in [3.63, 3.8) is 0 Å². The van der Waals surface area contributed by atoms with Gasteiger partial charge >= 0.3 is 0 Å². The van der Waals surface area contributed by atoms with Crippen LogP contribution in [0.4, 0.5) is 5.13 Å². The van der Waals surface area contributed by atoms with E-state index in [1.165, 1.54) is 4.88 Å². The number of nitrogens with zero attached hydrogens (tertiary/aromatic N) is 1. The first-order valence-corrected chi connectivity index (χ1v) is 6.03. The minimum atomic E-state index is -0.123. The number of nitrogen functional groups attached to an aromatic ring is 1. The minimum Gasteiger partial charge on any atom is -0.375 e. The first-order valence-electron chi connectivity index (χ1n) is 5.21. The molecule has 15 heavy (non-hydrogen) atoms. The van der Waals surface area contributed by atoms with Crippen LogP contribution >= 0.6 is 11.3 Å². The van der Waals surface area contributed by atoms with Crippen molar-refractivity contribution in [2.24, 2.45) is 0 Å². The maximum absolute atomic E-state index is 6.05. The Hall–Kier alpha value is -0.610. The Labute approximate surface area is 94.7 Å². The van der Waals surface area contributed by atoms with E-state index in [-0.39, 0.29) is 11.2 Å². The zero-order chi connectivity index (χ0) is 11.3. The van der Waals surface area contributed by atoms with Gasteiger partial charge < -0.3 is 10.5 Å². The summed E-state index contributed by atoms with van der Waals surface area (Å²) in [6.07, 6.45) is 2.92. The van der Waals surface area contributed by atoms with E-state index in [0.29, 0.717) is 11.0 Å². The van der Waals surface area contributed by atoms with E-state index in [0.717, 1.165) is 6.42 Å². The maximum Gasteiger partial charge on any atom is 0.180 e. The first-order chi connectivity index (χ1) is 6.80. The summed E-state index contributed by atoms with van der Waals surface area (Å²) in [4.78, 5) is 5.35. The predicted molar refractivity (Wildman–Crippen MR) is 63.1 cm³/mol. The number of anilines is 1. The van der Waals surface area contributed by atoms with Crippen molar-refractivity contribution in [1.82, 2.24) is 4.98 Å². The Morgan fingerprint density at radius 2 is 2.13 bits per heavy atom. The summed E-state index contributed by atoms with van der Waals surface area (Å²) in [5.41, 5.74) is 5.50. The Morgan fingerprint density at radius 1 is 1.47 bits per heavy atom. The Morgan fingerprint density at radius 3 is 2.53 bits per heavy atom. The fraction of sp³-hybridized carbons (Fsp3) is 0.727. The molecule has 1 aliphatic heterocycles. The lowest BCUT2D eigenvalue weighted by Crippen LogP contribution is -2.28. The molecule has 0 bridgehead atoms. The fourth-order valence-corrected chi connectivity index (χ4v) is 3.43. The van der Waals surface area contributed by atoms with Crippen LogP contribution in [0, 0.1) is 0 Å². The molecule has 0 radical (unpaired) electrons. The Balaban J connectivity index is 2.30. The molecule has 2 N–H and O–H groups in total. The van der Waals surface area contributed by atoms with Gasteiger partial charge in [0.2, 0.25) is 0 Å². The minimum absolute atomic E-state index is 0.0487. The van der Waals surface area contributed by atoms with Crippen molar-refractivity contribution in [2.75, 3.05) is 5.73 Å². The number of rotatable bonds is 1. The average Bonchev–Trinajstić information content (AvgIpc) is 2.52. The van der Waals surface area contributed by atoms with Crippen LogP contribution in [0.2, 0.25) is 0 Å². The molecule has 0 aromatic carbocycles. The van der Waals surface area contributed by atoms with Crippen molar-refractivity contribution in [1.29, 1.82) is 0 Å². The highest BCUT2D eigenvalue weighted by atomic mass is 32.1. The first kappa shape index (κ1) is 10.9. The van der Waals surface area contributed by atoms with Crippen LogP contribution in [0.15, 0.2) is 6.20 Å². The van der Waals surface area contributed by atoms with Crippen LogP contribution in [-0.2, 0) is 4.74 Å². The molecule has 4 heteroatoms. The van der Waals surface area contributed by atoms with Crippen molar-refractivity contribution < 1.29 is 4.74 Å². The van der Waals surface area contributed by atoms with Gasteiger partial charge in [0.15, 0.2) is 5.13 Å². The van der Waals surface area contributed by atoms with Crippen LogP contribution < -0.4 is 5.73 Å². The fourth-order valence-electron chi connectivity index (χ4n) is 2.47. The molecular formula is C11H18N2OS. The Kier molecular flexibility index (Phi) is 2.32. The molecule has 0 aliphatic carbocycles. The molecule has 2 heterocycles. The quantitative estimate of drug-likeness (QED) is 0.801. The molecule has 1 aromatic rings. The second kappa shape index (κ2) is 3.19. The van der Waals surface area contributed by atoms with Gasteiger partial charge in [0, 0.05) is 17.0 Å². The summed E-state index contributed by atoms with van der Waals surface area (Å²) < 4.78 is 6.05. The average molecular weight is 226 g/mol. The highest BCUT2D eigenvalue weighted by Gasteiger charge is 2.47. The molecule has 2 rings (SSSR count). The van der Waals surface area contributed by atoms with Crippen molar-refractivity contribution in [3.8, 4) is 0 Å². The SMILES string of the molecule is CC1(C)CC(c2cnc(N)s2)C(C)(C)O1. The van der Waals surface area contributed by atoms with Gasteiger partial charge in [-0.1, -0.05) is 0 Å². The molecule has 1 saturated heterocycles. The lowest BCUT2D eigenvalue weighted by molar-refractivity contribution is -0.0679. The Bertz CT molecular complexity index is 370. The summed E-state index contributed by atoms with van der Waals surface area (Å²) in [5.74, 6) is 0.405. The zero-order valence-electron chi connectivity index (χ0n) is 9.70. The van der Waals surface area contributed by atoms with E-state index in [1.807, 2.05) is 6.20 Å². The topological polar surface area (TPSA) is 48.1 Å². The van der Waals surface area contributed by atoms with Gasteiger partial charge in [-0.05, 0) is 34.1 Å². The predicted octanol–water partition coefficient (Wildman–Crippen LogP) is 2.79. The van der Waals surface area contributed by atoms with E-state index in [9.17, 15) is 0 Å². The van der Waals surface area contributed by atoms with Gasteiger partial charge in [-0.3, -0.25) is 0 Å². The number of nitrogens with two attached hydrogens (primary N) is 1. The second-order valence-electron chi connectivity index (χ2n) is 5.32. The van der Waals surface area contributed by atoms with E-state index in [2.05, 4.69) is 32.7 Å². The van der Waals surface area contributed by atoms with E-state index < -0.39 is 0 Å². The largest absolute Gasteiger partial charge is 0.375 e. The van der Waals surface area contributed by atoms with Gasteiger partial charge in [0.05, 0.1) is 11.2 Å². The van der Waals surface area contributed by atoms with Crippen LogP contribution in [0.1, 0.15) is 44.9 Å². The molecule has 1 unspecified atom stereocenters. The van der Waals surface area contributed by atoms with Crippen LogP contribution in [0.5, 0.6) is 0 Å². The van der Waals surface area contributed by atoms with Crippen molar-refractivity contribution >= 4 is 16.5 Å². The highest BCUT2D eigenvalue weighted by Crippen LogP contribution is 2.48. The molecule has 3 nitrogen and oxygen atoms in total. The van der Waals surface area contributed by atoms with Gasteiger partial charge in [0.1, 0.15) is 0 Å². The highest BCUT2D eigenvalue weighted by molar-refractivity contribution is 7.15. The molecule has 0 saturated carbocycles. The van der Waals surface area contributed by atoms with Crippen molar-refractivity contribution in [2.45, 2.75) is 51.2 Å². The molecule has 84 valence electrons. The number of aromatic nitrogens is 1. The summed E-state index contributed by atoms with van der Waals surface area (Å²) in [6, 6.07) is 0. The van der Waals surface area contributed by atoms with Gasteiger partial charge in [-0.2, -0.15) is 0 Å². The van der Waals surface area contributed by atoms with E-state index >= 15 is 0 Å². The molecular weight excluding hydrogens is 208 g/mol. The maximum atomic E-state index is 6.05. The van der Waals surface area contributed by atoms with Gasteiger partial charge in [-0.25, -0.2) is 4.98 Å². The van der Waals surface area contributed by atoms with Crippen LogP contribution in [0.3, 0.4) is 0 Å². The normalized spacial score (nSPS) is 28.1. The van der Waals surface area contributed by atoms with E-state index in [1.54, 1.807) is 11.3 Å². The monoisotopic (exact) mass is 226 g/mol. The van der Waals surface area contributed by atoms with Gasteiger partial charge in [0.25, 0.3) is 0 Å². The zero-order valence-corrected chi connectivity index (χ0v) is 10.5. The smallest absolute Gasteiger partial charge is 0.180 e. The number of thiazole rings is 1. The molecule has 1 aliphatic rings. The van der Waals surface area contributed by atoms with Crippen LogP contribution in [-0.4, -0.2) is 16.2 Å². The van der Waals surface area contributed by atoms with E-state index in [4.69, 9.17) is 10.5 Å². The third-order valence-corrected chi connectivity index (χ3v) is 3.90. The summed E-state index contributed by atoms with van der Waals surface area (Å²) in [7, 11) is 0. The summed E-state index contributed by atoms with van der Waals surface area (Å²) >= 11 is 1.57. The molecule has 1 aromatic heterocycles. The summed E-state index contributed by atoms with van der Waals surface area (Å²) in [6.45, 7) is 8.56. The molecule has 1 atom stereocenters. The number of ether oxygens (including phenoxy) is 1. The van der Waals surface area contributed by atoms with Crippen LogP contribution in [0.25, 0.3) is 0 Å². The molecule has 1 fully saturated rings. The lowest BCUT2D eigenvalue weighted by Gasteiger charge is -2.26. The number of hydrogen-bond acceptors (Lipinski definition) is 4. The van der Waals surface area contributed by atoms with Crippen molar-refractivity contribution in [3.05, 3.63) is 11.1 Å². The third kappa shape index (κ3) is 2.01. The molecule has 0 amide bonds. The van der Waals surface area contributed by atoms with Gasteiger partial charge in [-0.15, -0.1) is 11.3 Å². The third-order valence-electron chi connectivity index (χ3n) is 2.96. The second-order valence-corrected chi connectivity index (χ2v) is 6.42.